The Balaban J connectivity index is 1.81. The maximum absolute atomic E-state index is 12.0. The molecule has 0 spiro atoms. The van der Waals surface area contributed by atoms with Gasteiger partial charge in [-0.15, -0.1) is 0 Å². The number of oxazole rings is 1. The molecule has 1 N–H and O–H groups in total. The highest BCUT2D eigenvalue weighted by atomic mass is 32.2. The first-order valence-corrected chi connectivity index (χ1v) is 7.16. The van der Waals surface area contributed by atoms with E-state index < -0.39 is 0 Å². The summed E-state index contributed by atoms with van der Waals surface area (Å²) in [5.41, 5.74) is 0.743. The second-order valence-corrected chi connectivity index (χ2v) is 5.35. The molecule has 0 unspecified atom stereocenters. The van der Waals surface area contributed by atoms with Crippen LogP contribution in [0.5, 0.6) is 0 Å². The van der Waals surface area contributed by atoms with E-state index in [1.54, 1.807) is 11.8 Å². The Morgan fingerprint density at radius 3 is 2.57 bits per heavy atom. The first kappa shape index (κ1) is 13.5. The van der Waals surface area contributed by atoms with Crippen molar-refractivity contribution in [2.75, 3.05) is 5.32 Å². The molecule has 4 nitrogen and oxygen atoms in total. The van der Waals surface area contributed by atoms with Crippen LogP contribution >= 0.6 is 11.8 Å². The third-order valence-corrected chi connectivity index (χ3v) is 3.85. The molecule has 0 atom stereocenters. The summed E-state index contributed by atoms with van der Waals surface area (Å²) in [4.78, 5) is 17.8. The van der Waals surface area contributed by atoms with Crippen LogP contribution in [0.4, 0.5) is 5.69 Å². The van der Waals surface area contributed by atoms with Gasteiger partial charge in [0.2, 0.25) is 5.76 Å². The van der Waals surface area contributed by atoms with Gasteiger partial charge in [-0.3, -0.25) is 4.79 Å². The summed E-state index contributed by atoms with van der Waals surface area (Å²) in [5, 5.41) is 2.84. The number of rotatable bonds is 4. The number of amides is 1. The Kier molecular flexibility index (Phi) is 4.02. The summed E-state index contributed by atoms with van der Waals surface area (Å²) < 4.78 is 5.00. The lowest BCUT2D eigenvalue weighted by atomic mass is 10.3. The lowest BCUT2D eigenvalue weighted by molar-refractivity contribution is 0.0996. The summed E-state index contributed by atoms with van der Waals surface area (Å²) >= 11 is 1.59. The number of nitrogens with one attached hydrogen (secondary N) is 1. The Morgan fingerprint density at radius 2 is 1.81 bits per heavy atom. The van der Waals surface area contributed by atoms with E-state index in [0.717, 1.165) is 15.5 Å². The van der Waals surface area contributed by atoms with Crippen molar-refractivity contribution in [3.8, 4) is 0 Å². The number of nitrogens with zero attached hydrogens (tertiary/aromatic N) is 1. The third kappa shape index (κ3) is 3.32. The Morgan fingerprint density at radius 1 is 1.05 bits per heavy atom. The lowest BCUT2D eigenvalue weighted by Gasteiger charge is -2.09. The maximum atomic E-state index is 12.0. The number of hydrogen-bond donors (Lipinski definition) is 1. The molecular weight excluding hydrogens is 284 g/mol. The molecule has 0 aliphatic rings. The van der Waals surface area contributed by atoms with Crippen molar-refractivity contribution in [1.82, 2.24) is 4.98 Å². The van der Waals surface area contributed by atoms with Crippen LogP contribution in [0.1, 0.15) is 10.6 Å². The summed E-state index contributed by atoms with van der Waals surface area (Å²) in [7, 11) is 0. The Hall–Kier alpha value is -2.53. The number of anilines is 1. The van der Waals surface area contributed by atoms with Gasteiger partial charge in [0.25, 0.3) is 5.91 Å². The normalized spacial score (nSPS) is 10.3. The standard InChI is InChI=1S/C16H12N2O2S/c19-16(14-10-17-11-20-14)18-13-8-4-5-9-15(13)21-12-6-2-1-3-7-12/h1-11H,(H,18,19). The van der Waals surface area contributed by atoms with Crippen molar-refractivity contribution >= 4 is 23.4 Å². The van der Waals surface area contributed by atoms with E-state index in [9.17, 15) is 4.79 Å². The van der Waals surface area contributed by atoms with Gasteiger partial charge in [-0.05, 0) is 24.3 Å². The van der Waals surface area contributed by atoms with E-state index in [1.807, 2.05) is 54.6 Å². The molecule has 1 amide bonds. The number of carbonyl (C=O) groups excluding carboxylic acids is 1. The molecule has 0 radical (unpaired) electrons. The van der Waals surface area contributed by atoms with Gasteiger partial charge in [0.1, 0.15) is 0 Å². The molecule has 3 rings (SSSR count). The largest absolute Gasteiger partial charge is 0.438 e. The molecule has 2 aromatic carbocycles. The van der Waals surface area contributed by atoms with Gasteiger partial charge in [0, 0.05) is 9.79 Å². The zero-order valence-corrected chi connectivity index (χ0v) is 11.8. The molecule has 0 saturated carbocycles. The lowest BCUT2D eigenvalue weighted by Crippen LogP contribution is -2.11. The summed E-state index contributed by atoms with van der Waals surface area (Å²) in [5.74, 6) is -0.122. The van der Waals surface area contributed by atoms with Crippen LogP contribution in [0.2, 0.25) is 0 Å². The molecule has 21 heavy (non-hydrogen) atoms. The minimum Gasteiger partial charge on any atom is -0.438 e. The third-order valence-electron chi connectivity index (χ3n) is 2.76. The highest BCUT2D eigenvalue weighted by molar-refractivity contribution is 7.99. The summed E-state index contributed by atoms with van der Waals surface area (Å²) in [6.45, 7) is 0. The predicted molar refractivity (Wildman–Crippen MR) is 81.5 cm³/mol. The molecular formula is C16H12N2O2S. The number of aromatic nitrogens is 1. The highest BCUT2D eigenvalue weighted by Gasteiger charge is 2.12. The smallest absolute Gasteiger partial charge is 0.293 e. The van der Waals surface area contributed by atoms with Gasteiger partial charge in [-0.1, -0.05) is 42.1 Å². The summed E-state index contributed by atoms with van der Waals surface area (Å²) in [6.07, 6.45) is 2.63. The minimum atomic E-state index is -0.311. The van der Waals surface area contributed by atoms with E-state index in [-0.39, 0.29) is 11.7 Å². The van der Waals surface area contributed by atoms with E-state index in [1.165, 1.54) is 12.6 Å². The maximum Gasteiger partial charge on any atom is 0.293 e. The van der Waals surface area contributed by atoms with Crippen LogP contribution < -0.4 is 5.32 Å². The van der Waals surface area contributed by atoms with Crippen molar-refractivity contribution in [2.45, 2.75) is 9.79 Å². The number of hydrogen-bond acceptors (Lipinski definition) is 4. The number of benzene rings is 2. The Bertz CT molecular complexity index is 727. The average Bonchev–Trinajstić information content (AvgIpc) is 3.05. The topological polar surface area (TPSA) is 55.1 Å². The highest BCUT2D eigenvalue weighted by Crippen LogP contribution is 2.33. The minimum absolute atomic E-state index is 0.189. The van der Waals surface area contributed by atoms with E-state index >= 15 is 0 Å². The predicted octanol–water partition coefficient (Wildman–Crippen LogP) is 4.08. The van der Waals surface area contributed by atoms with Crippen LogP contribution in [0.3, 0.4) is 0 Å². The fourth-order valence-corrected chi connectivity index (χ4v) is 2.71. The SMILES string of the molecule is O=C(Nc1ccccc1Sc1ccccc1)c1cnco1. The van der Waals surface area contributed by atoms with Crippen molar-refractivity contribution in [3.05, 3.63) is 72.9 Å². The van der Waals surface area contributed by atoms with E-state index in [0.29, 0.717) is 0 Å². The molecule has 0 aliphatic heterocycles. The molecule has 1 heterocycles. The fraction of sp³-hybridized carbons (Fsp3) is 0. The van der Waals surface area contributed by atoms with Gasteiger partial charge in [0.15, 0.2) is 6.39 Å². The first-order chi connectivity index (χ1) is 10.3. The van der Waals surface area contributed by atoms with Crippen LogP contribution in [0.25, 0.3) is 0 Å². The van der Waals surface area contributed by atoms with Crippen LogP contribution in [0.15, 0.2) is 81.4 Å². The van der Waals surface area contributed by atoms with E-state index in [2.05, 4.69) is 10.3 Å². The van der Waals surface area contributed by atoms with Crippen molar-refractivity contribution in [1.29, 1.82) is 0 Å². The van der Waals surface area contributed by atoms with Gasteiger partial charge in [-0.2, -0.15) is 0 Å². The molecule has 0 aliphatic carbocycles. The monoisotopic (exact) mass is 296 g/mol. The molecule has 1 aromatic heterocycles. The molecule has 0 bridgehead atoms. The van der Waals surface area contributed by atoms with Gasteiger partial charge in [0.05, 0.1) is 11.9 Å². The van der Waals surface area contributed by atoms with Crippen LogP contribution in [-0.4, -0.2) is 10.9 Å². The van der Waals surface area contributed by atoms with E-state index in [4.69, 9.17) is 4.42 Å². The first-order valence-electron chi connectivity index (χ1n) is 6.35. The zero-order valence-electron chi connectivity index (χ0n) is 11.0. The number of carbonyl (C=O) groups is 1. The summed E-state index contributed by atoms with van der Waals surface area (Å²) in [6, 6.07) is 17.6. The van der Waals surface area contributed by atoms with Crippen molar-refractivity contribution < 1.29 is 9.21 Å². The van der Waals surface area contributed by atoms with Crippen molar-refractivity contribution in [2.24, 2.45) is 0 Å². The second kappa shape index (κ2) is 6.28. The molecule has 0 fully saturated rings. The average molecular weight is 296 g/mol. The van der Waals surface area contributed by atoms with Crippen molar-refractivity contribution in [3.63, 3.8) is 0 Å². The van der Waals surface area contributed by atoms with Gasteiger partial charge >= 0.3 is 0 Å². The quantitative estimate of drug-likeness (QED) is 0.788. The molecule has 0 saturated heterocycles. The molecule has 104 valence electrons. The zero-order chi connectivity index (χ0) is 14.5. The fourth-order valence-electron chi connectivity index (χ4n) is 1.79. The van der Waals surface area contributed by atoms with Crippen LogP contribution in [0, 0.1) is 0 Å². The van der Waals surface area contributed by atoms with Gasteiger partial charge < -0.3 is 9.73 Å². The number of para-hydroxylation sites is 1. The molecule has 3 aromatic rings. The molecule has 5 heteroatoms. The Labute approximate surface area is 126 Å². The second-order valence-electron chi connectivity index (χ2n) is 4.23. The van der Waals surface area contributed by atoms with Crippen LogP contribution in [-0.2, 0) is 0 Å². The van der Waals surface area contributed by atoms with Gasteiger partial charge in [-0.25, -0.2) is 4.98 Å².